The lowest BCUT2D eigenvalue weighted by Gasteiger charge is -2.29. The summed E-state index contributed by atoms with van der Waals surface area (Å²) in [7, 11) is 1.24. The van der Waals surface area contributed by atoms with E-state index in [1.165, 1.54) is 43.6 Å². The highest BCUT2D eigenvalue weighted by atomic mass is 35.5. The van der Waals surface area contributed by atoms with Crippen molar-refractivity contribution >= 4 is 23.6 Å². The Hall–Kier alpha value is -3.89. The second kappa shape index (κ2) is 8.23. The summed E-state index contributed by atoms with van der Waals surface area (Å²) >= 11 is 6.42. The topological polar surface area (TPSA) is 147 Å². The van der Waals surface area contributed by atoms with Crippen molar-refractivity contribution in [3.05, 3.63) is 76.3 Å². The molecule has 2 amide bonds. The fourth-order valence-electron chi connectivity index (χ4n) is 3.80. The van der Waals surface area contributed by atoms with Crippen molar-refractivity contribution in [1.29, 1.82) is 0 Å². The number of fused-ring (bicyclic) bond motifs is 1. The molecule has 0 saturated heterocycles. The molecule has 3 aromatic rings. The minimum absolute atomic E-state index is 0.00792. The van der Waals surface area contributed by atoms with E-state index in [1.807, 2.05) is 0 Å². The molecule has 0 unspecified atom stereocenters. The van der Waals surface area contributed by atoms with Crippen LogP contribution in [0.3, 0.4) is 0 Å². The number of pyridine rings is 1. The molecule has 33 heavy (non-hydrogen) atoms. The van der Waals surface area contributed by atoms with Gasteiger partial charge in [0.05, 0.1) is 12.7 Å². The van der Waals surface area contributed by atoms with Gasteiger partial charge in [0.1, 0.15) is 11.4 Å². The van der Waals surface area contributed by atoms with Crippen LogP contribution in [0.4, 0.5) is 9.18 Å². The number of hydrogen-bond donors (Lipinski definition) is 3. The van der Waals surface area contributed by atoms with E-state index in [-0.39, 0.29) is 44.5 Å². The Morgan fingerprint density at radius 2 is 1.94 bits per heavy atom. The van der Waals surface area contributed by atoms with E-state index in [9.17, 15) is 14.7 Å². The zero-order valence-corrected chi connectivity index (χ0v) is 17.8. The number of ether oxygens (including phenoxy) is 3. The molecule has 0 bridgehead atoms. The first-order valence-corrected chi connectivity index (χ1v) is 9.85. The molecule has 0 aliphatic carbocycles. The summed E-state index contributed by atoms with van der Waals surface area (Å²) in [6.45, 7) is 0. The van der Waals surface area contributed by atoms with Crippen molar-refractivity contribution in [3.8, 4) is 22.6 Å². The molecule has 0 spiro atoms. The number of aliphatic hydroxyl groups is 1. The predicted octanol–water partition coefficient (Wildman–Crippen LogP) is 3.02. The third-order valence-corrected chi connectivity index (χ3v) is 5.48. The Kier molecular flexibility index (Phi) is 5.56. The summed E-state index contributed by atoms with van der Waals surface area (Å²) in [5.41, 5.74) is 10.0. The Morgan fingerprint density at radius 3 is 2.55 bits per heavy atom. The first-order chi connectivity index (χ1) is 15.7. The second-order valence-corrected chi connectivity index (χ2v) is 7.42. The summed E-state index contributed by atoms with van der Waals surface area (Å²) in [6, 6.07) is 9.88. The molecule has 2 heterocycles. The number of carbonyl (C=O) groups excluding carboxylic acids is 2. The van der Waals surface area contributed by atoms with Gasteiger partial charge in [-0.05, 0) is 36.4 Å². The van der Waals surface area contributed by atoms with E-state index in [1.54, 1.807) is 12.1 Å². The smallest absolute Gasteiger partial charge is 0.408 e. The highest BCUT2D eigenvalue weighted by Crippen LogP contribution is 2.55. The van der Waals surface area contributed by atoms with Gasteiger partial charge < -0.3 is 30.8 Å². The zero-order valence-electron chi connectivity index (χ0n) is 17.0. The number of aliphatic hydroxyl groups excluding tert-OH is 1. The lowest BCUT2D eigenvalue weighted by molar-refractivity contribution is -0.198. The number of benzene rings is 2. The summed E-state index contributed by atoms with van der Waals surface area (Å²) in [5, 5.41) is 11.3. The van der Waals surface area contributed by atoms with Gasteiger partial charge in [0, 0.05) is 27.9 Å². The van der Waals surface area contributed by atoms with Gasteiger partial charge in [-0.25, -0.2) is 9.18 Å². The number of amides is 2. The van der Waals surface area contributed by atoms with Crippen LogP contribution in [-0.4, -0.2) is 29.2 Å². The molecule has 0 saturated carbocycles. The first kappa shape index (κ1) is 22.3. The largest absolute Gasteiger partial charge is 0.494 e. The molecule has 170 valence electrons. The quantitative estimate of drug-likeness (QED) is 0.516. The van der Waals surface area contributed by atoms with Crippen LogP contribution < -0.4 is 20.9 Å². The van der Waals surface area contributed by atoms with Crippen LogP contribution >= 0.6 is 11.6 Å². The molecule has 2 atom stereocenters. The molecule has 0 fully saturated rings. The summed E-state index contributed by atoms with van der Waals surface area (Å²) in [6.07, 6.45) is -1.64. The van der Waals surface area contributed by atoms with Crippen LogP contribution in [0.1, 0.15) is 27.7 Å². The Labute approximate surface area is 191 Å². The minimum atomic E-state index is -2.20. The Bertz CT molecular complexity index is 1270. The maximum Gasteiger partial charge on any atom is 0.408 e. The second-order valence-electron chi connectivity index (χ2n) is 7.01. The van der Waals surface area contributed by atoms with E-state index in [2.05, 4.69) is 4.98 Å². The van der Waals surface area contributed by atoms with Crippen molar-refractivity contribution in [2.24, 2.45) is 11.5 Å². The maximum atomic E-state index is 15.4. The fourth-order valence-corrected chi connectivity index (χ4v) is 4.06. The normalized spacial score (nSPS) is 18.8. The number of primary amides is 2. The van der Waals surface area contributed by atoms with E-state index in [0.717, 1.165) is 0 Å². The van der Waals surface area contributed by atoms with Gasteiger partial charge in [0.25, 0.3) is 0 Å². The Balaban J connectivity index is 2.03. The standard InChI is InChI=1S/C22H17ClFN3O6/c1-31-13-7-5-10(20(25)29)15(18(13)24)16-11(23)6-8-12-17(16)19(28)22(32-12,33-21(26)30)14-4-2-3-9-27-14/h2-9,19,28H,1H3,(H2,25,29)(H2,26,30)/t19-,22+/m0/s1. The minimum Gasteiger partial charge on any atom is -0.494 e. The molecule has 1 aliphatic rings. The number of methoxy groups -OCH3 is 1. The van der Waals surface area contributed by atoms with Gasteiger partial charge in [-0.1, -0.05) is 17.7 Å². The molecular formula is C22H17ClFN3O6. The SMILES string of the molecule is COc1ccc(C(N)=O)c(-c2c(Cl)ccc3c2[C@H](O)[C@](OC(N)=O)(c2ccccn2)O3)c1F. The third kappa shape index (κ3) is 3.49. The lowest BCUT2D eigenvalue weighted by atomic mass is 9.89. The van der Waals surface area contributed by atoms with Crippen LogP contribution in [0.5, 0.6) is 11.5 Å². The molecule has 9 nitrogen and oxygen atoms in total. The Morgan fingerprint density at radius 1 is 1.18 bits per heavy atom. The van der Waals surface area contributed by atoms with Gasteiger partial charge >= 0.3 is 11.9 Å². The molecule has 1 aromatic heterocycles. The average molecular weight is 474 g/mol. The van der Waals surface area contributed by atoms with Crippen molar-refractivity contribution in [3.63, 3.8) is 0 Å². The van der Waals surface area contributed by atoms with E-state index >= 15 is 4.39 Å². The van der Waals surface area contributed by atoms with Crippen LogP contribution in [0.25, 0.3) is 11.1 Å². The molecule has 4 rings (SSSR count). The number of nitrogens with zero attached hydrogens (tertiary/aromatic N) is 1. The summed E-state index contributed by atoms with van der Waals surface area (Å²) in [5.74, 6) is -4.29. The van der Waals surface area contributed by atoms with E-state index in [0.29, 0.717) is 0 Å². The molecule has 0 radical (unpaired) electrons. The number of hydrogen-bond acceptors (Lipinski definition) is 7. The van der Waals surface area contributed by atoms with Crippen molar-refractivity contribution in [2.75, 3.05) is 7.11 Å². The predicted molar refractivity (Wildman–Crippen MR) is 114 cm³/mol. The van der Waals surface area contributed by atoms with E-state index < -0.39 is 29.7 Å². The number of carbonyl (C=O) groups is 2. The zero-order chi connectivity index (χ0) is 23.9. The number of aromatic nitrogens is 1. The van der Waals surface area contributed by atoms with Gasteiger partial charge in [-0.15, -0.1) is 0 Å². The third-order valence-electron chi connectivity index (χ3n) is 5.17. The fraction of sp³-hybridized carbons (Fsp3) is 0.136. The van der Waals surface area contributed by atoms with Gasteiger partial charge in [0.15, 0.2) is 17.7 Å². The summed E-state index contributed by atoms with van der Waals surface area (Å²) in [4.78, 5) is 28.0. The molecule has 2 aromatic carbocycles. The number of halogens is 2. The van der Waals surface area contributed by atoms with Gasteiger partial charge in [0.2, 0.25) is 5.91 Å². The van der Waals surface area contributed by atoms with Gasteiger partial charge in [-0.2, -0.15) is 0 Å². The lowest BCUT2D eigenvalue weighted by Crippen LogP contribution is -2.42. The van der Waals surface area contributed by atoms with Crippen LogP contribution in [-0.2, 0) is 10.5 Å². The molecule has 11 heteroatoms. The van der Waals surface area contributed by atoms with Crippen LogP contribution in [0, 0.1) is 5.82 Å². The van der Waals surface area contributed by atoms with Crippen molar-refractivity contribution < 1.29 is 33.3 Å². The van der Waals surface area contributed by atoms with E-state index in [4.69, 9.17) is 37.3 Å². The highest BCUT2D eigenvalue weighted by Gasteiger charge is 2.56. The highest BCUT2D eigenvalue weighted by molar-refractivity contribution is 6.34. The first-order valence-electron chi connectivity index (χ1n) is 9.47. The monoisotopic (exact) mass is 473 g/mol. The van der Waals surface area contributed by atoms with Crippen LogP contribution in [0.2, 0.25) is 5.02 Å². The number of rotatable bonds is 5. The molecule has 1 aliphatic heterocycles. The average Bonchev–Trinajstić information content (AvgIpc) is 3.06. The molecule has 5 N–H and O–H groups in total. The number of nitrogens with two attached hydrogens (primary N) is 2. The maximum absolute atomic E-state index is 15.4. The van der Waals surface area contributed by atoms with Gasteiger partial charge in [-0.3, -0.25) is 9.78 Å². The molecular weight excluding hydrogens is 457 g/mol. The van der Waals surface area contributed by atoms with Crippen LogP contribution in [0.15, 0.2) is 48.7 Å². The van der Waals surface area contributed by atoms with Crippen molar-refractivity contribution in [1.82, 2.24) is 4.98 Å². The van der Waals surface area contributed by atoms with Crippen molar-refractivity contribution in [2.45, 2.75) is 11.9 Å². The summed E-state index contributed by atoms with van der Waals surface area (Å²) < 4.78 is 31.5.